The van der Waals surface area contributed by atoms with Crippen LogP contribution in [-0.4, -0.2) is 28.2 Å². The molecular formula is C11H15NO2. The predicted octanol–water partition coefficient (Wildman–Crippen LogP) is 2.26. The van der Waals surface area contributed by atoms with Crippen molar-refractivity contribution in [3.63, 3.8) is 0 Å². The molecule has 0 aromatic rings. The Hall–Kier alpha value is -1.25. The number of carbonyl (C=O) groups is 1. The second kappa shape index (κ2) is 3.48. The van der Waals surface area contributed by atoms with E-state index in [-0.39, 0.29) is 12.1 Å². The Morgan fingerprint density at radius 3 is 2.86 bits per heavy atom. The molecule has 1 amide bonds. The van der Waals surface area contributed by atoms with Gasteiger partial charge in [-0.25, -0.2) is 4.79 Å². The Labute approximate surface area is 83.7 Å². The molecule has 1 aliphatic carbocycles. The average Bonchev–Trinajstić information content (AvgIpc) is 2.55. The number of amides is 1. The van der Waals surface area contributed by atoms with Crippen molar-refractivity contribution in [3.8, 4) is 0 Å². The number of allylic oxidation sites excluding steroid dienone is 2. The van der Waals surface area contributed by atoms with E-state index in [2.05, 4.69) is 6.08 Å². The standard InChI is InChI=1S/C11H15NO2/c1-2-9-7-8-5-3-4-6-10(8)12(9)11(13)14/h3-6,8-10H,2,7H2,1H3,(H,13,14). The molecule has 0 bridgehead atoms. The number of likely N-dealkylation sites (tertiary alicyclic amines) is 1. The SMILES string of the molecule is CCC1CC2C=CC=CC2N1C(=O)O. The number of rotatable bonds is 1. The minimum atomic E-state index is -0.788. The molecule has 3 heteroatoms. The van der Waals surface area contributed by atoms with Crippen LogP contribution in [0.3, 0.4) is 0 Å². The van der Waals surface area contributed by atoms with Gasteiger partial charge in [0.1, 0.15) is 0 Å². The van der Waals surface area contributed by atoms with Crippen LogP contribution in [0.25, 0.3) is 0 Å². The third-order valence-corrected chi connectivity index (χ3v) is 3.17. The fourth-order valence-corrected chi connectivity index (χ4v) is 2.48. The first-order valence-electron chi connectivity index (χ1n) is 5.10. The van der Waals surface area contributed by atoms with Gasteiger partial charge in [0.05, 0.1) is 6.04 Å². The van der Waals surface area contributed by atoms with Gasteiger partial charge in [0, 0.05) is 12.0 Å². The van der Waals surface area contributed by atoms with Gasteiger partial charge in [0.25, 0.3) is 0 Å². The van der Waals surface area contributed by atoms with E-state index in [1.807, 2.05) is 25.2 Å². The van der Waals surface area contributed by atoms with E-state index in [0.29, 0.717) is 5.92 Å². The van der Waals surface area contributed by atoms with Crippen LogP contribution in [0.1, 0.15) is 19.8 Å². The van der Waals surface area contributed by atoms with Crippen molar-refractivity contribution >= 4 is 6.09 Å². The molecule has 0 radical (unpaired) electrons. The van der Waals surface area contributed by atoms with E-state index >= 15 is 0 Å². The lowest BCUT2D eigenvalue weighted by Crippen LogP contribution is -2.40. The summed E-state index contributed by atoms with van der Waals surface area (Å²) in [7, 11) is 0. The van der Waals surface area contributed by atoms with Gasteiger partial charge in [-0.15, -0.1) is 0 Å². The summed E-state index contributed by atoms with van der Waals surface area (Å²) in [5.41, 5.74) is 0. The first-order chi connectivity index (χ1) is 6.74. The van der Waals surface area contributed by atoms with E-state index in [4.69, 9.17) is 5.11 Å². The van der Waals surface area contributed by atoms with E-state index in [1.54, 1.807) is 4.90 Å². The molecule has 1 saturated heterocycles. The molecule has 3 atom stereocenters. The number of fused-ring (bicyclic) bond motifs is 1. The third-order valence-electron chi connectivity index (χ3n) is 3.17. The second-order valence-corrected chi connectivity index (χ2v) is 3.91. The molecule has 3 nitrogen and oxygen atoms in total. The zero-order valence-corrected chi connectivity index (χ0v) is 8.26. The van der Waals surface area contributed by atoms with Crippen molar-refractivity contribution < 1.29 is 9.90 Å². The quantitative estimate of drug-likeness (QED) is 0.694. The van der Waals surface area contributed by atoms with Crippen LogP contribution >= 0.6 is 0 Å². The fourth-order valence-electron chi connectivity index (χ4n) is 2.48. The summed E-state index contributed by atoms with van der Waals surface area (Å²) >= 11 is 0. The van der Waals surface area contributed by atoms with E-state index in [9.17, 15) is 4.79 Å². The number of carboxylic acid groups (broad SMARTS) is 1. The summed E-state index contributed by atoms with van der Waals surface area (Å²) in [5.74, 6) is 0.390. The third kappa shape index (κ3) is 1.33. The van der Waals surface area contributed by atoms with Gasteiger partial charge in [0.15, 0.2) is 0 Å². The molecule has 0 aromatic carbocycles. The lowest BCUT2D eigenvalue weighted by molar-refractivity contribution is 0.127. The summed E-state index contributed by atoms with van der Waals surface area (Å²) < 4.78 is 0. The minimum absolute atomic E-state index is 0.0717. The van der Waals surface area contributed by atoms with Crippen molar-refractivity contribution in [1.29, 1.82) is 0 Å². The highest BCUT2D eigenvalue weighted by Gasteiger charge is 2.40. The lowest BCUT2D eigenvalue weighted by atomic mass is 9.95. The van der Waals surface area contributed by atoms with Crippen LogP contribution in [0.5, 0.6) is 0 Å². The molecule has 0 spiro atoms. The number of hydrogen-bond acceptors (Lipinski definition) is 1. The molecule has 1 heterocycles. The van der Waals surface area contributed by atoms with E-state index in [0.717, 1.165) is 12.8 Å². The predicted molar refractivity (Wildman–Crippen MR) is 54.1 cm³/mol. The second-order valence-electron chi connectivity index (χ2n) is 3.91. The molecule has 0 aromatic heterocycles. The summed E-state index contributed by atoms with van der Waals surface area (Å²) in [6, 6.07) is 0.261. The zero-order chi connectivity index (χ0) is 10.1. The molecule has 2 aliphatic rings. The normalized spacial score (nSPS) is 34.6. The molecule has 1 N–H and O–H groups in total. The molecule has 1 aliphatic heterocycles. The molecule has 1 fully saturated rings. The van der Waals surface area contributed by atoms with Gasteiger partial charge < -0.3 is 5.11 Å². The van der Waals surface area contributed by atoms with Crippen LogP contribution in [0.2, 0.25) is 0 Å². The monoisotopic (exact) mass is 193 g/mol. The summed E-state index contributed by atoms with van der Waals surface area (Å²) in [6.45, 7) is 2.05. The topological polar surface area (TPSA) is 40.5 Å². The Bertz CT molecular complexity index is 296. The molecule has 76 valence electrons. The van der Waals surface area contributed by atoms with Crippen molar-refractivity contribution in [3.05, 3.63) is 24.3 Å². The van der Waals surface area contributed by atoms with E-state index in [1.165, 1.54) is 0 Å². The molecule has 3 unspecified atom stereocenters. The maximum Gasteiger partial charge on any atom is 0.408 e. The Morgan fingerprint density at radius 2 is 2.21 bits per heavy atom. The van der Waals surface area contributed by atoms with Crippen molar-refractivity contribution in [2.75, 3.05) is 0 Å². The highest BCUT2D eigenvalue weighted by Crippen LogP contribution is 2.34. The van der Waals surface area contributed by atoms with E-state index < -0.39 is 6.09 Å². The fraction of sp³-hybridized carbons (Fsp3) is 0.545. The van der Waals surface area contributed by atoms with Crippen molar-refractivity contribution in [1.82, 2.24) is 4.90 Å². The van der Waals surface area contributed by atoms with Gasteiger partial charge in [-0.1, -0.05) is 31.2 Å². The highest BCUT2D eigenvalue weighted by atomic mass is 16.4. The van der Waals surface area contributed by atoms with Crippen LogP contribution in [0, 0.1) is 5.92 Å². The highest BCUT2D eigenvalue weighted by molar-refractivity contribution is 5.67. The summed E-state index contributed by atoms with van der Waals surface area (Å²) in [4.78, 5) is 12.7. The minimum Gasteiger partial charge on any atom is -0.465 e. The van der Waals surface area contributed by atoms with Gasteiger partial charge in [0.2, 0.25) is 0 Å². The maximum atomic E-state index is 11.1. The van der Waals surface area contributed by atoms with Gasteiger partial charge in [-0.2, -0.15) is 0 Å². The van der Waals surface area contributed by atoms with Gasteiger partial charge >= 0.3 is 6.09 Å². The van der Waals surface area contributed by atoms with Crippen LogP contribution in [0.4, 0.5) is 4.79 Å². The van der Waals surface area contributed by atoms with Gasteiger partial charge in [-0.3, -0.25) is 4.90 Å². The largest absolute Gasteiger partial charge is 0.465 e. The summed E-state index contributed by atoms with van der Waals surface area (Å²) in [6.07, 6.45) is 9.15. The molecule has 2 rings (SSSR count). The number of nitrogens with zero attached hydrogens (tertiary/aromatic N) is 1. The van der Waals surface area contributed by atoms with Crippen LogP contribution in [-0.2, 0) is 0 Å². The summed E-state index contributed by atoms with van der Waals surface area (Å²) in [5, 5.41) is 9.12. The Morgan fingerprint density at radius 1 is 1.50 bits per heavy atom. The maximum absolute atomic E-state index is 11.1. The molecule has 0 saturated carbocycles. The van der Waals surface area contributed by atoms with Gasteiger partial charge in [-0.05, 0) is 12.8 Å². The Balaban J connectivity index is 2.24. The van der Waals surface area contributed by atoms with Crippen molar-refractivity contribution in [2.24, 2.45) is 5.92 Å². The molecular weight excluding hydrogens is 178 g/mol. The first-order valence-corrected chi connectivity index (χ1v) is 5.10. The zero-order valence-electron chi connectivity index (χ0n) is 8.26. The Kier molecular flexibility index (Phi) is 2.32. The lowest BCUT2D eigenvalue weighted by Gasteiger charge is -2.26. The molecule has 14 heavy (non-hydrogen) atoms. The van der Waals surface area contributed by atoms with Crippen LogP contribution in [0.15, 0.2) is 24.3 Å². The number of hydrogen-bond donors (Lipinski definition) is 1. The average molecular weight is 193 g/mol. The van der Waals surface area contributed by atoms with Crippen LogP contribution < -0.4 is 0 Å². The first kappa shape index (κ1) is 9.31. The van der Waals surface area contributed by atoms with Crippen molar-refractivity contribution in [2.45, 2.75) is 31.8 Å². The smallest absolute Gasteiger partial charge is 0.408 e.